The van der Waals surface area contributed by atoms with Crippen LogP contribution < -0.4 is 5.32 Å². The first-order valence-corrected chi connectivity index (χ1v) is 7.30. The molecule has 3 unspecified atom stereocenters. The minimum atomic E-state index is -0.469. The van der Waals surface area contributed by atoms with Gasteiger partial charge in [-0.1, -0.05) is 6.08 Å². The number of carbonyl (C=O) groups excluding carboxylic acids is 1. The minimum Gasteiger partial charge on any atom is -0.444 e. The average Bonchev–Trinajstić information content (AvgIpc) is 2.20. The van der Waals surface area contributed by atoms with Crippen molar-refractivity contribution < 1.29 is 14.3 Å². The Morgan fingerprint density at radius 1 is 1.25 bits per heavy atom. The summed E-state index contributed by atoms with van der Waals surface area (Å²) in [6.07, 6.45) is 3.36. The van der Waals surface area contributed by atoms with Crippen LogP contribution in [-0.2, 0) is 9.47 Å². The van der Waals surface area contributed by atoms with E-state index in [1.54, 1.807) is 0 Å². The summed E-state index contributed by atoms with van der Waals surface area (Å²) in [6, 6.07) is 0.107. The Morgan fingerprint density at radius 3 is 2.30 bits per heavy atom. The van der Waals surface area contributed by atoms with Crippen LogP contribution in [0, 0.1) is 5.92 Å². The van der Waals surface area contributed by atoms with Crippen LogP contribution in [0.4, 0.5) is 4.79 Å². The van der Waals surface area contributed by atoms with Crippen molar-refractivity contribution in [3.8, 4) is 0 Å². The molecular formula is C16H29NO3. The van der Waals surface area contributed by atoms with E-state index in [1.807, 2.05) is 47.6 Å². The topological polar surface area (TPSA) is 47.6 Å². The van der Waals surface area contributed by atoms with Crippen molar-refractivity contribution in [1.82, 2.24) is 5.32 Å². The van der Waals surface area contributed by atoms with Crippen molar-refractivity contribution in [3.63, 3.8) is 0 Å². The van der Waals surface area contributed by atoms with Crippen LogP contribution in [0.25, 0.3) is 0 Å². The highest BCUT2D eigenvalue weighted by Gasteiger charge is 2.43. The molecule has 1 saturated carbocycles. The summed E-state index contributed by atoms with van der Waals surface area (Å²) in [6.45, 7) is 15.5. The van der Waals surface area contributed by atoms with Crippen LogP contribution in [0.1, 0.15) is 54.4 Å². The molecule has 0 aromatic rings. The Balaban J connectivity index is 2.52. The van der Waals surface area contributed by atoms with Gasteiger partial charge in [-0.2, -0.15) is 0 Å². The van der Waals surface area contributed by atoms with E-state index in [-0.39, 0.29) is 29.8 Å². The summed E-state index contributed by atoms with van der Waals surface area (Å²) in [5.74, 6) is 0.277. The summed E-state index contributed by atoms with van der Waals surface area (Å²) < 4.78 is 11.3. The quantitative estimate of drug-likeness (QED) is 0.801. The zero-order valence-electron chi connectivity index (χ0n) is 13.7. The SMILES string of the molecule is C=CCC1C(NC(=O)OC(C)(C)C)CC1OC(C)(C)C. The summed E-state index contributed by atoms with van der Waals surface area (Å²) >= 11 is 0. The number of allylic oxidation sites excluding steroid dienone is 1. The molecule has 1 aliphatic rings. The van der Waals surface area contributed by atoms with Gasteiger partial charge in [-0.05, 0) is 54.4 Å². The van der Waals surface area contributed by atoms with Gasteiger partial charge in [0.15, 0.2) is 0 Å². The summed E-state index contributed by atoms with van der Waals surface area (Å²) in [4.78, 5) is 11.8. The molecule has 4 heteroatoms. The first-order valence-electron chi connectivity index (χ1n) is 7.30. The molecule has 0 radical (unpaired) electrons. The number of hydrogen-bond acceptors (Lipinski definition) is 3. The Morgan fingerprint density at radius 2 is 1.85 bits per heavy atom. The zero-order chi connectivity index (χ0) is 15.6. The Bertz CT molecular complexity index is 352. The Hall–Kier alpha value is -1.03. The van der Waals surface area contributed by atoms with E-state index < -0.39 is 5.60 Å². The van der Waals surface area contributed by atoms with Gasteiger partial charge in [0.2, 0.25) is 0 Å². The first kappa shape index (κ1) is 17.0. The molecule has 0 aliphatic heterocycles. The Labute approximate surface area is 122 Å². The van der Waals surface area contributed by atoms with Gasteiger partial charge in [-0.25, -0.2) is 4.79 Å². The third kappa shape index (κ3) is 5.53. The van der Waals surface area contributed by atoms with Gasteiger partial charge in [0.05, 0.1) is 11.7 Å². The van der Waals surface area contributed by atoms with Crippen molar-refractivity contribution in [2.45, 2.75) is 77.7 Å². The van der Waals surface area contributed by atoms with Crippen molar-refractivity contribution in [1.29, 1.82) is 0 Å². The molecule has 1 amide bonds. The highest BCUT2D eigenvalue weighted by atomic mass is 16.6. The predicted molar refractivity (Wildman–Crippen MR) is 80.7 cm³/mol. The van der Waals surface area contributed by atoms with E-state index >= 15 is 0 Å². The number of rotatable bonds is 4. The highest BCUT2D eigenvalue weighted by molar-refractivity contribution is 5.68. The van der Waals surface area contributed by atoms with Crippen molar-refractivity contribution in [3.05, 3.63) is 12.7 Å². The molecular weight excluding hydrogens is 254 g/mol. The molecule has 1 N–H and O–H groups in total. The van der Waals surface area contributed by atoms with E-state index in [1.165, 1.54) is 0 Å². The fourth-order valence-corrected chi connectivity index (χ4v) is 2.39. The maximum Gasteiger partial charge on any atom is 0.407 e. The maximum absolute atomic E-state index is 11.8. The van der Waals surface area contributed by atoms with Crippen molar-refractivity contribution >= 4 is 6.09 Å². The predicted octanol–water partition coefficient (Wildman–Crippen LogP) is 3.66. The second-order valence-corrected chi connectivity index (χ2v) is 7.45. The van der Waals surface area contributed by atoms with Crippen LogP contribution >= 0.6 is 0 Å². The molecule has 0 bridgehead atoms. The third-order valence-electron chi connectivity index (χ3n) is 3.13. The molecule has 1 fully saturated rings. The fraction of sp³-hybridized carbons (Fsp3) is 0.812. The van der Waals surface area contributed by atoms with Gasteiger partial charge < -0.3 is 14.8 Å². The monoisotopic (exact) mass is 283 g/mol. The van der Waals surface area contributed by atoms with Gasteiger partial charge >= 0.3 is 6.09 Å². The molecule has 4 nitrogen and oxygen atoms in total. The molecule has 0 spiro atoms. The zero-order valence-corrected chi connectivity index (χ0v) is 13.7. The average molecular weight is 283 g/mol. The molecule has 3 atom stereocenters. The van der Waals surface area contributed by atoms with E-state index in [0.717, 1.165) is 12.8 Å². The van der Waals surface area contributed by atoms with E-state index in [2.05, 4.69) is 11.9 Å². The van der Waals surface area contributed by atoms with Crippen LogP contribution in [0.3, 0.4) is 0 Å². The molecule has 0 saturated heterocycles. The smallest absolute Gasteiger partial charge is 0.407 e. The standard InChI is InChI=1S/C16H29NO3/c1-8-9-11-12(10-13(11)19-15(2,3)4)17-14(18)20-16(5,6)7/h8,11-13H,1,9-10H2,2-7H3,(H,17,18). The lowest BCUT2D eigenvalue weighted by Gasteiger charge is -2.46. The number of hydrogen-bond donors (Lipinski definition) is 1. The highest BCUT2D eigenvalue weighted by Crippen LogP contribution is 2.36. The molecule has 20 heavy (non-hydrogen) atoms. The molecule has 0 aromatic heterocycles. The molecule has 116 valence electrons. The van der Waals surface area contributed by atoms with Crippen molar-refractivity contribution in [2.75, 3.05) is 0 Å². The minimum absolute atomic E-state index is 0.107. The largest absolute Gasteiger partial charge is 0.444 e. The maximum atomic E-state index is 11.8. The summed E-state index contributed by atoms with van der Waals surface area (Å²) in [5, 5.41) is 2.93. The summed E-state index contributed by atoms with van der Waals surface area (Å²) in [5.41, 5.74) is -0.635. The lowest BCUT2D eigenvalue weighted by molar-refractivity contribution is -0.136. The van der Waals surface area contributed by atoms with E-state index in [9.17, 15) is 4.79 Å². The lowest BCUT2D eigenvalue weighted by Crippen LogP contribution is -2.58. The Kier molecular flexibility index (Phi) is 5.25. The fourth-order valence-electron chi connectivity index (χ4n) is 2.39. The van der Waals surface area contributed by atoms with Gasteiger partial charge in [0.1, 0.15) is 5.60 Å². The molecule has 1 rings (SSSR count). The van der Waals surface area contributed by atoms with Crippen LogP contribution in [0.5, 0.6) is 0 Å². The normalized spacial score (nSPS) is 26.6. The number of carbonyl (C=O) groups is 1. The number of nitrogens with one attached hydrogen (secondary N) is 1. The van der Waals surface area contributed by atoms with Crippen LogP contribution in [-0.4, -0.2) is 29.4 Å². The molecule has 0 aromatic carbocycles. The summed E-state index contributed by atoms with van der Waals surface area (Å²) in [7, 11) is 0. The second-order valence-electron chi connectivity index (χ2n) is 7.45. The van der Waals surface area contributed by atoms with Crippen molar-refractivity contribution in [2.24, 2.45) is 5.92 Å². The lowest BCUT2D eigenvalue weighted by atomic mass is 9.74. The first-order chi connectivity index (χ1) is 9.02. The third-order valence-corrected chi connectivity index (χ3v) is 3.13. The van der Waals surface area contributed by atoms with Crippen LogP contribution in [0.2, 0.25) is 0 Å². The van der Waals surface area contributed by atoms with Gasteiger partial charge in [0.25, 0.3) is 0 Å². The van der Waals surface area contributed by atoms with E-state index in [4.69, 9.17) is 9.47 Å². The second kappa shape index (κ2) is 6.17. The van der Waals surface area contributed by atoms with Gasteiger partial charge in [-0.15, -0.1) is 6.58 Å². The number of amides is 1. The van der Waals surface area contributed by atoms with Crippen LogP contribution in [0.15, 0.2) is 12.7 Å². The van der Waals surface area contributed by atoms with Gasteiger partial charge in [-0.3, -0.25) is 0 Å². The number of ether oxygens (including phenoxy) is 2. The number of alkyl carbamates (subject to hydrolysis) is 1. The molecule has 1 aliphatic carbocycles. The van der Waals surface area contributed by atoms with E-state index in [0.29, 0.717) is 0 Å². The van der Waals surface area contributed by atoms with Gasteiger partial charge in [0, 0.05) is 12.0 Å². The molecule has 0 heterocycles.